The van der Waals surface area contributed by atoms with Crippen LogP contribution in [0.25, 0.3) is 0 Å². The number of ether oxygens (including phenoxy) is 1. The van der Waals surface area contributed by atoms with Crippen LogP contribution in [0.15, 0.2) is 18.2 Å². The van der Waals surface area contributed by atoms with Crippen LogP contribution in [-0.4, -0.2) is 12.8 Å². The Morgan fingerprint density at radius 3 is 2.43 bits per heavy atom. The number of hydrogen-bond donors (Lipinski definition) is 0. The van der Waals surface area contributed by atoms with Gasteiger partial charge in [-0.25, -0.2) is 0 Å². The predicted molar refractivity (Wildman–Crippen MR) is 51.9 cm³/mol. The fraction of sp³-hybridized carbons (Fsp3) is 0.273. The van der Waals surface area contributed by atoms with E-state index in [1.165, 1.54) is 0 Å². The molecule has 0 fully saturated rings. The van der Waals surface area contributed by atoms with Gasteiger partial charge in [-0.3, -0.25) is 9.59 Å². The topological polar surface area (TPSA) is 43.4 Å². The molecule has 0 amide bonds. The van der Waals surface area contributed by atoms with Gasteiger partial charge in [-0.15, -0.1) is 0 Å². The molecular formula is C11H12O3. The molecule has 0 radical (unpaired) electrons. The Bertz CT molecular complexity index is 344. The van der Waals surface area contributed by atoms with E-state index < -0.39 is 6.10 Å². The number of aldehydes is 1. The summed E-state index contributed by atoms with van der Waals surface area (Å²) >= 11 is 0. The average molecular weight is 192 g/mol. The third kappa shape index (κ3) is 2.19. The lowest BCUT2D eigenvalue weighted by molar-refractivity contribution is -0.139. The Labute approximate surface area is 82.7 Å². The minimum absolute atomic E-state index is 0.286. The molecule has 0 saturated heterocycles. The van der Waals surface area contributed by atoms with Crippen LogP contribution in [0.4, 0.5) is 0 Å². The van der Waals surface area contributed by atoms with Crippen LogP contribution in [0.3, 0.4) is 0 Å². The van der Waals surface area contributed by atoms with Gasteiger partial charge in [-0.05, 0) is 30.5 Å². The van der Waals surface area contributed by atoms with Crippen molar-refractivity contribution in [2.45, 2.75) is 20.0 Å². The SMILES string of the molecule is Cc1ccc(C(C=O)OC=O)cc1C. The van der Waals surface area contributed by atoms with Crippen LogP contribution in [0.5, 0.6) is 0 Å². The molecule has 14 heavy (non-hydrogen) atoms. The zero-order chi connectivity index (χ0) is 10.6. The Morgan fingerprint density at radius 1 is 1.21 bits per heavy atom. The normalized spacial score (nSPS) is 11.9. The number of hydrogen-bond acceptors (Lipinski definition) is 3. The lowest BCUT2D eigenvalue weighted by Gasteiger charge is -2.10. The monoisotopic (exact) mass is 192 g/mol. The smallest absolute Gasteiger partial charge is 0.294 e. The average Bonchev–Trinajstić information content (AvgIpc) is 2.19. The van der Waals surface area contributed by atoms with Crippen LogP contribution in [0.2, 0.25) is 0 Å². The Morgan fingerprint density at radius 2 is 1.93 bits per heavy atom. The van der Waals surface area contributed by atoms with Crippen molar-refractivity contribution in [2.24, 2.45) is 0 Å². The van der Waals surface area contributed by atoms with Crippen molar-refractivity contribution in [1.82, 2.24) is 0 Å². The molecule has 0 bridgehead atoms. The van der Waals surface area contributed by atoms with E-state index in [2.05, 4.69) is 4.74 Å². The van der Waals surface area contributed by atoms with Crippen LogP contribution in [-0.2, 0) is 14.3 Å². The highest BCUT2D eigenvalue weighted by Crippen LogP contribution is 2.17. The molecule has 0 spiro atoms. The summed E-state index contributed by atoms with van der Waals surface area (Å²) in [5, 5.41) is 0. The van der Waals surface area contributed by atoms with Gasteiger partial charge in [0.05, 0.1) is 0 Å². The van der Waals surface area contributed by atoms with E-state index in [0.29, 0.717) is 11.8 Å². The first kappa shape index (κ1) is 10.4. The van der Waals surface area contributed by atoms with Gasteiger partial charge in [0.1, 0.15) is 0 Å². The van der Waals surface area contributed by atoms with Crippen LogP contribution < -0.4 is 0 Å². The molecule has 0 aliphatic carbocycles. The Hall–Kier alpha value is -1.64. The lowest BCUT2D eigenvalue weighted by Crippen LogP contribution is -2.04. The van der Waals surface area contributed by atoms with E-state index in [0.717, 1.165) is 11.1 Å². The molecule has 0 heterocycles. The van der Waals surface area contributed by atoms with Gasteiger partial charge < -0.3 is 4.74 Å². The molecule has 0 aromatic heterocycles. The van der Waals surface area contributed by atoms with Crippen LogP contribution in [0.1, 0.15) is 22.8 Å². The second kappa shape index (κ2) is 4.56. The zero-order valence-electron chi connectivity index (χ0n) is 8.19. The molecule has 1 aromatic rings. The second-order valence-corrected chi connectivity index (χ2v) is 3.13. The number of carbonyl (C=O) groups excluding carboxylic acids is 2. The van der Waals surface area contributed by atoms with Crippen molar-refractivity contribution < 1.29 is 14.3 Å². The van der Waals surface area contributed by atoms with Crippen LogP contribution in [0, 0.1) is 13.8 Å². The molecule has 3 heteroatoms. The van der Waals surface area contributed by atoms with E-state index in [-0.39, 0.29) is 6.47 Å². The Kier molecular flexibility index (Phi) is 3.40. The van der Waals surface area contributed by atoms with Crippen molar-refractivity contribution in [3.8, 4) is 0 Å². The molecule has 0 aliphatic rings. The standard InChI is InChI=1S/C11H12O3/c1-8-3-4-10(5-9(8)2)11(6-12)14-7-13/h3-7,11H,1-2H3. The van der Waals surface area contributed by atoms with Gasteiger partial charge in [-0.1, -0.05) is 18.2 Å². The van der Waals surface area contributed by atoms with Crippen molar-refractivity contribution in [3.63, 3.8) is 0 Å². The second-order valence-electron chi connectivity index (χ2n) is 3.13. The fourth-order valence-electron chi connectivity index (χ4n) is 1.19. The number of benzene rings is 1. The molecule has 1 rings (SSSR count). The third-order valence-electron chi connectivity index (χ3n) is 2.19. The highest BCUT2D eigenvalue weighted by Gasteiger charge is 2.10. The molecule has 0 N–H and O–H groups in total. The molecule has 1 aromatic carbocycles. The molecule has 1 atom stereocenters. The third-order valence-corrected chi connectivity index (χ3v) is 2.19. The van der Waals surface area contributed by atoms with E-state index in [9.17, 15) is 9.59 Å². The molecule has 1 unspecified atom stereocenters. The van der Waals surface area contributed by atoms with Gasteiger partial charge in [-0.2, -0.15) is 0 Å². The maximum atomic E-state index is 10.6. The number of carbonyl (C=O) groups is 2. The highest BCUT2D eigenvalue weighted by atomic mass is 16.5. The summed E-state index contributed by atoms with van der Waals surface area (Å²) in [6.07, 6.45) is -0.176. The molecule has 74 valence electrons. The summed E-state index contributed by atoms with van der Waals surface area (Å²) in [5.41, 5.74) is 2.92. The van der Waals surface area contributed by atoms with Crippen molar-refractivity contribution in [3.05, 3.63) is 34.9 Å². The predicted octanol–water partition coefficient (Wildman–Crippen LogP) is 1.72. The molecule has 3 nitrogen and oxygen atoms in total. The van der Waals surface area contributed by atoms with E-state index in [4.69, 9.17) is 0 Å². The van der Waals surface area contributed by atoms with Crippen molar-refractivity contribution >= 4 is 12.8 Å². The first-order chi connectivity index (χ1) is 6.69. The fourth-order valence-corrected chi connectivity index (χ4v) is 1.19. The lowest BCUT2D eigenvalue weighted by atomic mass is 10.0. The summed E-state index contributed by atoms with van der Waals surface area (Å²) in [5.74, 6) is 0. The van der Waals surface area contributed by atoms with Crippen LogP contribution >= 0.6 is 0 Å². The largest absolute Gasteiger partial charge is 0.452 e. The first-order valence-electron chi connectivity index (χ1n) is 4.30. The van der Waals surface area contributed by atoms with E-state index in [1.807, 2.05) is 26.0 Å². The highest BCUT2D eigenvalue weighted by molar-refractivity contribution is 5.62. The van der Waals surface area contributed by atoms with Gasteiger partial charge in [0.25, 0.3) is 6.47 Å². The quantitative estimate of drug-likeness (QED) is 0.682. The molecule has 0 aliphatic heterocycles. The summed E-state index contributed by atoms with van der Waals surface area (Å²) in [4.78, 5) is 20.7. The van der Waals surface area contributed by atoms with Gasteiger partial charge in [0, 0.05) is 0 Å². The van der Waals surface area contributed by atoms with E-state index >= 15 is 0 Å². The summed E-state index contributed by atoms with van der Waals surface area (Å²) in [6, 6.07) is 5.53. The van der Waals surface area contributed by atoms with Gasteiger partial charge >= 0.3 is 0 Å². The summed E-state index contributed by atoms with van der Waals surface area (Å²) in [7, 11) is 0. The Balaban J connectivity index is 2.98. The van der Waals surface area contributed by atoms with E-state index in [1.54, 1.807) is 6.07 Å². The molecule has 0 saturated carbocycles. The number of rotatable bonds is 4. The summed E-state index contributed by atoms with van der Waals surface area (Å²) in [6.45, 7) is 4.21. The van der Waals surface area contributed by atoms with Gasteiger partial charge in [0.15, 0.2) is 12.4 Å². The maximum absolute atomic E-state index is 10.6. The number of aryl methyl sites for hydroxylation is 2. The van der Waals surface area contributed by atoms with Crippen molar-refractivity contribution in [1.29, 1.82) is 0 Å². The maximum Gasteiger partial charge on any atom is 0.294 e. The van der Waals surface area contributed by atoms with Gasteiger partial charge in [0.2, 0.25) is 0 Å². The first-order valence-corrected chi connectivity index (χ1v) is 4.30. The zero-order valence-corrected chi connectivity index (χ0v) is 8.19. The van der Waals surface area contributed by atoms with Crippen molar-refractivity contribution in [2.75, 3.05) is 0 Å². The molecular weight excluding hydrogens is 180 g/mol. The minimum atomic E-state index is -0.785. The minimum Gasteiger partial charge on any atom is -0.452 e. The summed E-state index contributed by atoms with van der Waals surface area (Å²) < 4.78 is 4.62.